The van der Waals surface area contributed by atoms with Crippen LogP contribution < -0.4 is 10.6 Å². The second kappa shape index (κ2) is 10.9. The third-order valence-electron chi connectivity index (χ3n) is 5.10. The molecule has 1 saturated carbocycles. The van der Waals surface area contributed by atoms with E-state index in [-0.39, 0.29) is 12.5 Å². The van der Waals surface area contributed by atoms with Crippen LogP contribution in [0.5, 0.6) is 0 Å². The number of nitrogens with zero attached hydrogens (tertiary/aromatic N) is 4. The van der Waals surface area contributed by atoms with Crippen molar-refractivity contribution in [1.82, 2.24) is 25.3 Å². The van der Waals surface area contributed by atoms with E-state index >= 15 is 0 Å². The van der Waals surface area contributed by atoms with Crippen molar-refractivity contribution in [2.24, 2.45) is 10.9 Å². The maximum Gasteiger partial charge on any atom is 0.243 e. The van der Waals surface area contributed by atoms with Gasteiger partial charge < -0.3 is 15.5 Å². The average Bonchev–Trinajstić information content (AvgIpc) is 2.97. The highest BCUT2D eigenvalue weighted by molar-refractivity contribution is 5.84. The van der Waals surface area contributed by atoms with Crippen molar-refractivity contribution >= 4 is 11.9 Å². The van der Waals surface area contributed by atoms with E-state index in [9.17, 15) is 4.79 Å². The van der Waals surface area contributed by atoms with Gasteiger partial charge >= 0.3 is 0 Å². The summed E-state index contributed by atoms with van der Waals surface area (Å²) in [6.07, 6.45) is 7.54. The van der Waals surface area contributed by atoms with Crippen LogP contribution in [0.1, 0.15) is 49.9 Å². The standard InChI is InChI=1S/C20H36N6O/c1-16-13-17(2)26(24-16)12-8-11-21-20(23-15-19(27)25(3)4)22-14-18-9-6-5-7-10-18/h13,18H,5-12,14-15H2,1-4H3,(H2,21,22,23). The van der Waals surface area contributed by atoms with Gasteiger partial charge in [-0.15, -0.1) is 0 Å². The third-order valence-corrected chi connectivity index (χ3v) is 5.10. The summed E-state index contributed by atoms with van der Waals surface area (Å²) in [4.78, 5) is 17.9. The molecule has 0 unspecified atom stereocenters. The number of carbonyl (C=O) groups is 1. The SMILES string of the molecule is Cc1cc(C)n(CCCNC(=NCC(=O)N(C)C)NCC2CCCCC2)n1. The van der Waals surface area contributed by atoms with Crippen molar-refractivity contribution < 1.29 is 4.79 Å². The molecule has 2 N–H and O–H groups in total. The van der Waals surface area contributed by atoms with Gasteiger partial charge in [0.1, 0.15) is 6.54 Å². The molecule has 0 spiro atoms. The number of aryl methyl sites for hydroxylation is 3. The number of nitrogens with one attached hydrogen (secondary N) is 2. The number of aliphatic imine (C=N–C) groups is 1. The van der Waals surface area contributed by atoms with Crippen LogP contribution in [0.15, 0.2) is 11.1 Å². The van der Waals surface area contributed by atoms with Crippen LogP contribution in [-0.4, -0.2) is 60.3 Å². The molecule has 7 heteroatoms. The lowest BCUT2D eigenvalue weighted by Gasteiger charge is -2.23. The van der Waals surface area contributed by atoms with Gasteiger partial charge in [-0.2, -0.15) is 5.10 Å². The van der Waals surface area contributed by atoms with Crippen molar-refractivity contribution in [3.05, 3.63) is 17.5 Å². The van der Waals surface area contributed by atoms with Crippen LogP contribution in [0.4, 0.5) is 0 Å². The van der Waals surface area contributed by atoms with Gasteiger partial charge in [0.05, 0.1) is 5.69 Å². The zero-order valence-electron chi connectivity index (χ0n) is 17.4. The summed E-state index contributed by atoms with van der Waals surface area (Å²) in [7, 11) is 3.52. The van der Waals surface area contributed by atoms with Crippen molar-refractivity contribution in [2.45, 2.75) is 58.9 Å². The Balaban J connectivity index is 1.81. The average molecular weight is 377 g/mol. The normalized spacial score (nSPS) is 15.6. The second-order valence-corrected chi connectivity index (χ2v) is 7.77. The maximum absolute atomic E-state index is 11.9. The van der Waals surface area contributed by atoms with E-state index in [1.165, 1.54) is 37.8 Å². The summed E-state index contributed by atoms with van der Waals surface area (Å²) in [5, 5.41) is 11.3. The number of rotatable bonds is 8. The minimum Gasteiger partial charge on any atom is -0.356 e. The summed E-state index contributed by atoms with van der Waals surface area (Å²) < 4.78 is 2.04. The van der Waals surface area contributed by atoms with E-state index in [4.69, 9.17) is 0 Å². The first kappa shape index (κ1) is 21.3. The van der Waals surface area contributed by atoms with E-state index in [1.54, 1.807) is 19.0 Å². The fourth-order valence-corrected chi connectivity index (χ4v) is 3.43. The van der Waals surface area contributed by atoms with Gasteiger partial charge in [-0.25, -0.2) is 4.99 Å². The first-order valence-electron chi connectivity index (χ1n) is 10.2. The Kier molecular flexibility index (Phi) is 8.61. The Morgan fingerprint density at radius 2 is 2.00 bits per heavy atom. The summed E-state index contributed by atoms with van der Waals surface area (Å²) >= 11 is 0. The monoisotopic (exact) mass is 376 g/mol. The molecule has 1 fully saturated rings. The lowest BCUT2D eigenvalue weighted by molar-refractivity contribution is -0.127. The molecule has 27 heavy (non-hydrogen) atoms. The van der Waals surface area contributed by atoms with Crippen LogP contribution in [0.25, 0.3) is 0 Å². The van der Waals surface area contributed by atoms with Crippen molar-refractivity contribution in [3.63, 3.8) is 0 Å². The van der Waals surface area contributed by atoms with Gasteiger partial charge in [0.25, 0.3) is 0 Å². The Hall–Kier alpha value is -2.05. The highest BCUT2D eigenvalue weighted by atomic mass is 16.2. The molecule has 7 nitrogen and oxygen atoms in total. The zero-order valence-corrected chi connectivity index (χ0v) is 17.4. The third kappa shape index (κ3) is 7.61. The van der Waals surface area contributed by atoms with Gasteiger partial charge in [-0.3, -0.25) is 9.48 Å². The molecule has 2 rings (SSSR count). The topological polar surface area (TPSA) is 74.6 Å². The van der Waals surface area contributed by atoms with E-state index in [0.717, 1.165) is 37.7 Å². The molecule has 1 heterocycles. The Morgan fingerprint density at radius 1 is 1.26 bits per heavy atom. The molecule has 0 saturated heterocycles. The Bertz CT molecular complexity index is 616. The van der Waals surface area contributed by atoms with E-state index < -0.39 is 0 Å². The molecular weight excluding hydrogens is 340 g/mol. The highest BCUT2D eigenvalue weighted by Crippen LogP contribution is 2.22. The zero-order chi connectivity index (χ0) is 19.6. The fraction of sp³-hybridized carbons (Fsp3) is 0.750. The smallest absolute Gasteiger partial charge is 0.243 e. The summed E-state index contributed by atoms with van der Waals surface area (Å²) in [5.74, 6) is 1.46. The molecule has 0 aromatic carbocycles. The van der Waals surface area contributed by atoms with Gasteiger partial charge in [-0.1, -0.05) is 19.3 Å². The van der Waals surface area contributed by atoms with Gasteiger partial charge in [0.2, 0.25) is 5.91 Å². The lowest BCUT2D eigenvalue weighted by Crippen LogP contribution is -2.41. The van der Waals surface area contributed by atoms with Crippen LogP contribution in [-0.2, 0) is 11.3 Å². The second-order valence-electron chi connectivity index (χ2n) is 7.77. The van der Waals surface area contributed by atoms with E-state index in [1.807, 2.05) is 11.6 Å². The largest absolute Gasteiger partial charge is 0.356 e. The lowest BCUT2D eigenvalue weighted by atomic mass is 9.89. The molecular formula is C20H36N6O. The molecule has 1 amide bonds. The number of likely N-dealkylation sites (N-methyl/N-ethyl adjacent to an activating group) is 1. The van der Waals surface area contributed by atoms with Gasteiger partial charge in [0.15, 0.2) is 5.96 Å². The molecule has 1 aliphatic rings. The van der Waals surface area contributed by atoms with Crippen molar-refractivity contribution in [2.75, 3.05) is 33.7 Å². The molecule has 0 atom stereocenters. The van der Waals surface area contributed by atoms with Crippen molar-refractivity contribution in [1.29, 1.82) is 0 Å². The number of guanidine groups is 1. The van der Waals surface area contributed by atoms with Crippen LogP contribution >= 0.6 is 0 Å². The number of hydrogen-bond acceptors (Lipinski definition) is 3. The van der Waals surface area contributed by atoms with E-state index in [2.05, 4.69) is 33.7 Å². The van der Waals surface area contributed by atoms with Crippen LogP contribution in [0.2, 0.25) is 0 Å². The quantitative estimate of drug-likeness (QED) is 0.414. The minimum absolute atomic E-state index is 0.0106. The predicted octanol–water partition coefficient (Wildman–Crippen LogP) is 2.09. The molecule has 0 aliphatic heterocycles. The Morgan fingerprint density at radius 3 is 2.63 bits per heavy atom. The molecule has 0 bridgehead atoms. The Labute approximate surface area is 163 Å². The molecule has 152 valence electrons. The fourth-order valence-electron chi connectivity index (χ4n) is 3.43. The highest BCUT2D eigenvalue weighted by Gasteiger charge is 2.14. The minimum atomic E-state index is 0.0106. The van der Waals surface area contributed by atoms with Crippen LogP contribution in [0.3, 0.4) is 0 Å². The number of hydrogen-bond donors (Lipinski definition) is 2. The maximum atomic E-state index is 11.9. The summed E-state index contributed by atoms with van der Waals surface area (Å²) in [5.41, 5.74) is 2.24. The summed E-state index contributed by atoms with van der Waals surface area (Å²) in [6, 6.07) is 2.10. The summed E-state index contributed by atoms with van der Waals surface area (Å²) in [6.45, 7) is 6.87. The molecule has 1 aromatic heterocycles. The van der Waals surface area contributed by atoms with Crippen LogP contribution in [0, 0.1) is 19.8 Å². The number of carbonyl (C=O) groups excluding carboxylic acids is 1. The molecule has 1 aliphatic carbocycles. The first-order valence-corrected chi connectivity index (χ1v) is 10.2. The van der Waals surface area contributed by atoms with Gasteiger partial charge in [-0.05, 0) is 45.1 Å². The first-order chi connectivity index (χ1) is 13.0. The van der Waals surface area contributed by atoms with E-state index in [0.29, 0.717) is 5.92 Å². The van der Waals surface area contributed by atoms with Gasteiger partial charge in [0, 0.05) is 39.4 Å². The van der Waals surface area contributed by atoms with Crippen molar-refractivity contribution in [3.8, 4) is 0 Å². The number of amides is 1. The molecule has 0 radical (unpaired) electrons. The molecule has 1 aromatic rings. The predicted molar refractivity (Wildman–Crippen MR) is 110 cm³/mol. The number of aromatic nitrogens is 2.